The van der Waals surface area contributed by atoms with Crippen molar-refractivity contribution in [3.8, 4) is 0 Å². The van der Waals surface area contributed by atoms with Gasteiger partial charge in [-0.15, -0.1) is 0 Å². The summed E-state index contributed by atoms with van der Waals surface area (Å²) >= 11 is 0. The summed E-state index contributed by atoms with van der Waals surface area (Å²) in [4.78, 5) is 2.95. The van der Waals surface area contributed by atoms with Crippen LogP contribution in [-0.4, -0.2) is 36.6 Å². The zero-order valence-corrected chi connectivity index (χ0v) is 12.6. The first-order valence-corrected chi connectivity index (χ1v) is 8.90. The number of piperidine rings is 1. The quantitative estimate of drug-likeness (QED) is 0.835. The van der Waals surface area contributed by atoms with Crippen LogP contribution >= 0.6 is 0 Å². The van der Waals surface area contributed by atoms with Gasteiger partial charge in [-0.1, -0.05) is 32.1 Å². The Hall–Kier alpha value is -0.0800. The van der Waals surface area contributed by atoms with E-state index < -0.39 is 0 Å². The average molecular weight is 264 g/mol. The molecule has 1 unspecified atom stereocenters. The standard InChI is InChI=1S/C17H32N2/c1-2-4-8-16(9-5-3-1)19(17-10-11-17)14-15-7-6-12-18-13-15/h15-18H,1-14H2. The van der Waals surface area contributed by atoms with Crippen LogP contribution in [0.1, 0.15) is 70.6 Å². The van der Waals surface area contributed by atoms with E-state index in [2.05, 4.69) is 10.2 Å². The average Bonchev–Trinajstić information content (AvgIpc) is 3.22. The molecule has 0 aromatic rings. The lowest BCUT2D eigenvalue weighted by Crippen LogP contribution is -2.44. The highest BCUT2D eigenvalue weighted by Gasteiger charge is 2.35. The van der Waals surface area contributed by atoms with Gasteiger partial charge in [-0.2, -0.15) is 0 Å². The number of nitrogens with one attached hydrogen (secondary N) is 1. The van der Waals surface area contributed by atoms with Crippen molar-refractivity contribution in [2.45, 2.75) is 82.7 Å². The van der Waals surface area contributed by atoms with Gasteiger partial charge in [0.25, 0.3) is 0 Å². The maximum absolute atomic E-state index is 3.60. The summed E-state index contributed by atoms with van der Waals surface area (Å²) in [6.45, 7) is 3.92. The van der Waals surface area contributed by atoms with Gasteiger partial charge in [0.1, 0.15) is 0 Å². The van der Waals surface area contributed by atoms with E-state index in [4.69, 9.17) is 0 Å². The van der Waals surface area contributed by atoms with Crippen LogP contribution in [0.4, 0.5) is 0 Å². The Bertz CT molecular complexity index is 248. The Kier molecular flexibility index (Phi) is 5.17. The summed E-state index contributed by atoms with van der Waals surface area (Å²) in [5.41, 5.74) is 0. The highest BCUT2D eigenvalue weighted by molar-refractivity contribution is 4.91. The molecule has 0 radical (unpaired) electrons. The monoisotopic (exact) mass is 264 g/mol. The third-order valence-corrected chi connectivity index (χ3v) is 5.43. The largest absolute Gasteiger partial charge is 0.316 e. The Morgan fingerprint density at radius 2 is 1.42 bits per heavy atom. The third kappa shape index (κ3) is 4.19. The number of hydrogen-bond acceptors (Lipinski definition) is 2. The van der Waals surface area contributed by atoms with Gasteiger partial charge in [0.2, 0.25) is 0 Å². The van der Waals surface area contributed by atoms with Crippen LogP contribution in [0.25, 0.3) is 0 Å². The van der Waals surface area contributed by atoms with E-state index in [0.29, 0.717) is 0 Å². The second kappa shape index (κ2) is 7.08. The van der Waals surface area contributed by atoms with Crippen molar-refractivity contribution in [3.63, 3.8) is 0 Å². The molecule has 1 atom stereocenters. The lowest BCUT2D eigenvalue weighted by molar-refractivity contribution is 0.123. The summed E-state index contributed by atoms with van der Waals surface area (Å²) in [6.07, 6.45) is 16.2. The van der Waals surface area contributed by atoms with Gasteiger partial charge in [-0.25, -0.2) is 0 Å². The van der Waals surface area contributed by atoms with Gasteiger partial charge in [0, 0.05) is 18.6 Å². The molecule has 2 heteroatoms. The van der Waals surface area contributed by atoms with Crippen molar-refractivity contribution in [1.29, 1.82) is 0 Å². The second-order valence-corrected chi connectivity index (χ2v) is 7.14. The minimum Gasteiger partial charge on any atom is -0.316 e. The SMILES string of the molecule is C1CCCC(N(CC2CCCNC2)C2CC2)CCC1. The topological polar surface area (TPSA) is 15.3 Å². The number of nitrogens with zero attached hydrogens (tertiary/aromatic N) is 1. The maximum atomic E-state index is 3.60. The van der Waals surface area contributed by atoms with Crippen LogP contribution < -0.4 is 5.32 Å². The Morgan fingerprint density at radius 1 is 0.737 bits per heavy atom. The molecule has 1 aliphatic heterocycles. The van der Waals surface area contributed by atoms with E-state index in [0.717, 1.165) is 18.0 Å². The smallest absolute Gasteiger partial charge is 0.00994 e. The van der Waals surface area contributed by atoms with Gasteiger partial charge in [0.05, 0.1) is 0 Å². The molecule has 0 bridgehead atoms. The molecule has 0 spiro atoms. The van der Waals surface area contributed by atoms with E-state index in [-0.39, 0.29) is 0 Å². The molecule has 1 heterocycles. The van der Waals surface area contributed by atoms with Crippen LogP contribution in [0.15, 0.2) is 0 Å². The van der Waals surface area contributed by atoms with Gasteiger partial charge in [-0.3, -0.25) is 4.90 Å². The molecule has 110 valence electrons. The molecule has 0 amide bonds. The summed E-state index contributed by atoms with van der Waals surface area (Å²) in [6, 6.07) is 1.89. The predicted molar refractivity (Wildman–Crippen MR) is 81.4 cm³/mol. The van der Waals surface area contributed by atoms with Crippen LogP contribution in [0.5, 0.6) is 0 Å². The molecule has 2 saturated carbocycles. The van der Waals surface area contributed by atoms with E-state index >= 15 is 0 Å². The molecule has 0 aromatic carbocycles. The molecule has 2 nitrogen and oxygen atoms in total. The fraction of sp³-hybridized carbons (Fsp3) is 1.00. The first kappa shape index (κ1) is 13.9. The first-order chi connectivity index (χ1) is 9.43. The van der Waals surface area contributed by atoms with Crippen LogP contribution in [-0.2, 0) is 0 Å². The van der Waals surface area contributed by atoms with Crippen molar-refractivity contribution in [1.82, 2.24) is 10.2 Å². The van der Waals surface area contributed by atoms with Gasteiger partial charge in [0.15, 0.2) is 0 Å². The van der Waals surface area contributed by atoms with Gasteiger partial charge < -0.3 is 5.32 Å². The summed E-state index contributed by atoms with van der Waals surface area (Å²) < 4.78 is 0. The Labute approximate surface area is 119 Å². The van der Waals surface area contributed by atoms with Gasteiger partial charge in [-0.05, 0) is 57.5 Å². The zero-order valence-electron chi connectivity index (χ0n) is 12.6. The lowest BCUT2D eigenvalue weighted by atomic mass is 9.93. The fourth-order valence-corrected chi connectivity index (χ4v) is 4.15. The third-order valence-electron chi connectivity index (χ3n) is 5.43. The molecule has 3 fully saturated rings. The molecule has 1 saturated heterocycles. The molecular weight excluding hydrogens is 232 g/mol. The van der Waals surface area contributed by atoms with E-state index in [1.165, 1.54) is 90.3 Å². The van der Waals surface area contributed by atoms with Crippen LogP contribution in [0, 0.1) is 5.92 Å². The molecule has 0 aromatic heterocycles. The number of rotatable bonds is 4. The number of hydrogen-bond donors (Lipinski definition) is 1. The molecular formula is C17H32N2. The lowest BCUT2D eigenvalue weighted by Gasteiger charge is -2.37. The molecule has 19 heavy (non-hydrogen) atoms. The minimum atomic E-state index is 0.926. The minimum absolute atomic E-state index is 0.926. The van der Waals surface area contributed by atoms with E-state index in [1.807, 2.05) is 0 Å². The summed E-state index contributed by atoms with van der Waals surface area (Å²) in [5.74, 6) is 0.930. The Morgan fingerprint density at radius 3 is 2.05 bits per heavy atom. The van der Waals surface area contributed by atoms with Crippen molar-refractivity contribution >= 4 is 0 Å². The van der Waals surface area contributed by atoms with E-state index in [9.17, 15) is 0 Å². The highest BCUT2D eigenvalue weighted by atomic mass is 15.2. The van der Waals surface area contributed by atoms with Gasteiger partial charge >= 0.3 is 0 Å². The van der Waals surface area contributed by atoms with Crippen molar-refractivity contribution in [2.75, 3.05) is 19.6 Å². The predicted octanol–water partition coefficient (Wildman–Crippen LogP) is 3.56. The highest BCUT2D eigenvalue weighted by Crippen LogP contribution is 2.34. The molecule has 3 rings (SSSR count). The van der Waals surface area contributed by atoms with Crippen LogP contribution in [0.2, 0.25) is 0 Å². The molecule has 2 aliphatic carbocycles. The Balaban J connectivity index is 1.55. The summed E-state index contributed by atoms with van der Waals surface area (Å²) in [5, 5.41) is 3.60. The second-order valence-electron chi connectivity index (χ2n) is 7.14. The zero-order chi connectivity index (χ0) is 12.9. The van der Waals surface area contributed by atoms with E-state index in [1.54, 1.807) is 0 Å². The fourth-order valence-electron chi connectivity index (χ4n) is 4.15. The van der Waals surface area contributed by atoms with Crippen molar-refractivity contribution < 1.29 is 0 Å². The normalized spacial score (nSPS) is 31.1. The molecule has 1 N–H and O–H groups in total. The first-order valence-electron chi connectivity index (χ1n) is 8.90. The van der Waals surface area contributed by atoms with Crippen molar-refractivity contribution in [3.05, 3.63) is 0 Å². The molecule has 3 aliphatic rings. The van der Waals surface area contributed by atoms with Crippen LogP contribution in [0.3, 0.4) is 0 Å². The van der Waals surface area contributed by atoms with Crippen molar-refractivity contribution in [2.24, 2.45) is 5.92 Å². The summed E-state index contributed by atoms with van der Waals surface area (Å²) in [7, 11) is 0. The maximum Gasteiger partial charge on any atom is 0.00994 e.